The molecule has 1 atom stereocenters. The fourth-order valence-corrected chi connectivity index (χ4v) is 3.22. The van der Waals surface area contributed by atoms with E-state index in [0.29, 0.717) is 22.6 Å². The average Bonchev–Trinajstić information content (AvgIpc) is 2.58. The van der Waals surface area contributed by atoms with E-state index in [9.17, 15) is 19.7 Å². The van der Waals surface area contributed by atoms with Gasteiger partial charge in [-0.1, -0.05) is 19.1 Å². The van der Waals surface area contributed by atoms with Crippen molar-refractivity contribution in [3.63, 3.8) is 0 Å². The number of hydrogen-bond acceptors (Lipinski definition) is 6. The molecule has 1 heterocycles. The summed E-state index contributed by atoms with van der Waals surface area (Å²) in [6.45, 7) is 3.94. The molecular formula is C17H20N2O5S. The number of ether oxygens (including phenoxy) is 1. The number of non-ortho nitro benzene ring substituents is 1. The third-order valence-electron chi connectivity index (χ3n) is 3.84. The highest BCUT2D eigenvalue weighted by Crippen LogP contribution is 2.34. The van der Waals surface area contributed by atoms with Crippen LogP contribution in [-0.4, -0.2) is 34.9 Å². The third-order valence-corrected chi connectivity index (χ3v) is 4.70. The molecule has 7 nitrogen and oxygen atoms in total. The van der Waals surface area contributed by atoms with Crippen molar-refractivity contribution in [2.75, 3.05) is 18.1 Å². The Kier molecular flexibility index (Phi) is 6.58. The lowest BCUT2D eigenvalue weighted by Crippen LogP contribution is -2.34. The molecule has 0 saturated carbocycles. The van der Waals surface area contributed by atoms with Gasteiger partial charge in [0.2, 0.25) is 5.91 Å². The van der Waals surface area contributed by atoms with Gasteiger partial charge in [0.15, 0.2) is 0 Å². The van der Waals surface area contributed by atoms with Crippen molar-refractivity contribution in [1.82, 2.24) is 5.32 Å². The number of thioether (sulfide) groups is 1. The molecule has 1 N–H and O–H groups in total. The maximum Gasteiger partial charge on any atom is 0.336 e. The van der Waals surface area contributed by atoms with Crippen LogP contribution in [0.3, 0.4) is 0 Å². The number of esters is 1. The lowest BCUT2D eigenvalue weighted by Gasteiger charge is -2.26. The van der Waals surface area contributed by atoms with Crippen LogP contribution in [-0.2, 0) is 14.3 Å². The van der Waals surface area contributed by atoms with Crippen molar-refractivity contribution in [2.24, 2.45) is 0 Å². The average molecular weight is 364 g/mol. The van der Waals surface area contributed by atoms with Crippen molar-refractivity contribution in [3.8, 4) is 0 Å². The molecule has 0 fully saturated rings. The van der Waals surface area contributed by atoms with Gasteiger partial charge in [0.1, 0.15) is 6.61 Å². The van der Waals surface area contributed by atoms with E-state index in [1.54, 1.807) is 30.8 Å². The van der Waals surface area contributed by atoms with Crippen LogP contribution in [0, 0.1) is 10.1 Å². The summed E-state index contributed by atoms with van der Waals surface area (Å²) in [5.41, 5.74) is 1.26. The number of nitro groups is 1. The Morgan fingerprint density at radius 1 is 1.48 bits per heavy atom. The van der Waals surface area contributed by atoms with Gasteiger partial charge in [0.25, 0.3) is 5.69 Å². The van der Waals surface area contributed by atoms with Crippen molar-refractivity contribution in [2.45, 2.75) is 26.2 Å². The van der Waals surface area contributed by atoms with Crippen molar-refractivity contribution in [1.29, 1.82) is 0 Å². The van der Waals surface area contributed by atoms with E-state index in [1.807, 2.05) is 6.92 Å². The number of nitrogens with zero attached hydrogens (tertiary/aromatic N) is 1. The van der Waals surface area contributed by atoms with Crippen LogP contribution in [0.15, 0.2) is 35.5 Å². The highest BCUT2D eigenvalue weighted by Gasteiger charge is 2.33. The Morgan fingerprint density at radius 3 is 2.92 bits per heavy atom. The van der Waals surface area contributed by atoms with Crippen LogP contribution < -0.4 is 5.32 Å². The summed E-state index contributed by atoms with van der Waals surface area (Å²) in [4.78, 5) is 34.9. The highest BCUT2D eigenvalue weighted by molar-refractivity contribution is 7.99. The van der Waals surface area contributed by atoms with E-state index in [4.69, 9.17) is 4.74 Å². The van der Waals surface area contributed by atoms with Gasteiger partial charge in [-0.3, -0.25) is 14.9 Å². The predicted octanol–water partition coefficient (Wildman–Crippen LogP) is 2.77. The lowest BCUT2D eigenvalue weighted by atomic mass is 9.84. The molecule has 2 rings (SSSR count). The van der Waals surface area contributed by atoms with Crippen LogP contribution in [0.1, 0.15) is 31.7 Å². The second-order valence-corrected chi connectivity index (χ2v) is 6.92. The zero-order chi connectivity index (χ0) is 18.4. The predicted molar refractivity (Wildman–Crippen MR) is 95.3 cm³/mol. The van der Waals surface area contributed by atoms with Gasteiger partial charge in [-0.05, 0) is 18.2 Å². The molecular weight excluding hydrogens is 344 g/mol. The van der Waals surface area contributed by atoms with E-state index in [0.717, 1.165) is 5.75 Å². The molecule has 1 aromatic rings. The molecule has 1 aromatic carbocycles. The normalized spacial score (nSPS) is 17.2. The van der Waals surface area contributed by atoms with E-state index < -0.39 is 16.8 Å². The first-order chi connectivity index (χ1) is 11.9. The number of carbonyl (C=O) groups is 2. The number of carbonyl (C=O) groups excluding carboxylic acids is 2. The molecule has 134 valence electrons. The Hall–Kier alpha value is -2.35. The molecule has 0 spiro atoms. The van der Waals surface area contributed by atoms with Crippen LogP contribution >= 0.6 is 11.8 Å². The molecule has 1 aliphatic heterocycles. The number of hydrogen-bond donors (Lipinski definition) is 1. The van der Waals surface area contributed by atoms with Crippen LogP contribution in [0.4, 0.5) is 5.69 Å². The molecule has 0 aliphatic carbocycles. The van der Waals surface area contributed by atoms with Crippen molar-refractivity contribution < 1.29 is 19.2 Å². The summed E-state index contributed by atoms with van der Waals surface area (Å²) < 4.78 is 5.32. The standard InChI is InChI=1S/C17H20N2O5S/c1-3-25-8-7-24-17(21)16-11(2)18-15(20)10-14(16)12-5-4-6-13(9-12)19(22)23/h4-6,9,14H,3,7-8,10H2,1-2H3,(H,18,20)/t14-/m0/s1. The van der Waals surface area contributed by atoms with Gasteiger partial charge in [-0.25, -0.2) is 4.79 Å². The summed E-state index contributed by atoms with van der Waals surface area (Å²) >= 11 is 1.66. The zero-order valence-electron chi connectivity index (χ0n) is 14.1. The minimum atomic E-state index is -0.556. The summed E-state index contributed by atoms with van der Waals surface area (Å²) in [5.74, 6) is 0.353. The van der Waals surface area contributed by atoms with Crippen molar-refractivity contribution in [3.05, 3.63) is 51.2 Å². The Morgan fingerprint density at radius 2 is 2.24 bits per heavy atom. The number of rotatable bonds is 7. The van der Waals surface area contributed by atoms with E-state index in [-0.39, 0.29) is 24.6 Å². The molecule has 1 amide bonds. The van der Waals surface area contributed by atoms with Gasteiger partial charge in [0, 0.05) is 35.9 Å². The number of benzene rings is 1. The van der Waals surface area contributed by atoms with Gasteiger partial charge >= 0.3 is 5.97 Å². The van der Waals surface area contributed by atoms with Gasteiger partial charge < -0.3 is 10.1 Å². The number of nitro benzene ring substituents is 1. The van der Waals surface area contributed by atoms with Crippen LogP contribution in [0.2, 0.25) is 0 Å². The van der Waals surface area contributed by atoms with Gasteiger partial charge in [-0.15, -0.1) is 0 Å². The summed E-state index contributed by atoms with van der Waals surface area (Å²) in [7, 11) is 0. The topological polar surface area (TPSA) is 98.5 Å². The Labute approximate surface area is 150 Å². The van der Waals surface area contributed by atoms with E-state index in [1.165, 1.54) is 12.1 Å². The lowest BCUT2D eigenvalue weighted by molar-refractivity contribution is -0.384. The first-order valence-electron chi connectivity index (χ1n) is 7.93. The molecule has 0 radical (unpaired) electrons. The molecule has 0 bridgehead atoms. The number of amides is 1. The monoisotopic (exact) mass is 364 g/mol. The summed E-state index contributed by atoms with van der Waals surface area (Å²) in [5, 5.41) is 13.7. The van der Waals surface area contributed by atoms with E-state index >= 15 is 0 Å². The van der Waals surface area contributed by atoms with Gasteiger partial charge in [-0.2, -0.15) is 11.8 Å². The minimum Gasteiger partial charge on any atom is -0.461 e. The molecule has 8 heteroatoms. The molecule has 0 aromatic heterocycles. The highest BCUT2D eigenvalue weighted by atomic mass is 32.2. The first-order valence-corrected chi connectivity index (χ1v) is 9.09. The zero-order valence-corrected chi connectivity index (χ0v) is 14.9. The number of allylic oxidation sites excluding steroid dienone is 1. The Bertz CT molecular complexity index is 717. The molecule has 0 saturated heterocycles. The minimum absolute atomic E-state index is 0.0483. The number of nitrogens with one attached hydrogen (secondary N) is 1. The first kappa shape index (κ1) is 19.0. The summed E-state index contributed by atoms with van der Waals surface area (Å²) in [6, 6.07) is 6.01. The van der Waals surface area contributed by atoms with Crippen LogP contribution in [0.5, 0.6) is 0 Å². The Balaban J connectivity index is 2.29. The van der Waals surface area contributed by atoms with E-state index in [2.05, 4.69) is 5.32 Å². The third kappa shape index (κ3) is 4.82. The smallest absolute Gasteiger partial charge is 0.336 e. The maximum absolute atomic E-state index is 12.5. The van der Waals surface area contributed by atoms with Crippen LogP contribution in [0.25, 0.3) is 0 Å². The molecule has 0 unspecified atom stereocenters. The fourth-order valence-electron chi connectivity index (χ4n) is 2.73. The molecule has 1 aliphatic rings. The second kappa shape index (κ2) is 8.66. The quantitative estimate of drug-likeness (QED) is 0.346. The second-order valence-electron chi connectivity index (χ2n) is 5.53. The largest absolute Gasteiger partial charge is 0.461 e. The molecule has 25 heavy (non-hydrogen) atoms. The summed E-state index contributed by atoms with van der Waals surface area (Å²) in [6.07, 6.45) is 0.0483. The van der Waals surface area contributed by atoms with Gasteiger partial charge in [0.05, 0.1) is 10.5 Å². The fraction of sp³-hybridized carbons (Fsp3) is 0.412. The SMILES string of the molecule is CCSCCOC(=O)C1=C(C)NC(=O)C[C@H]1c1cccc([N+](=O)[O-])c1. The van der Waals surface area contributed by atoms with Crippen molar-refractivity contribution >= 4 is 29.3 Å². The maximum atomic E-state index is 12.5.